The van der Waals surface area contributed by atoms with Crippen LogP contribution >= 0.6 is 34.8 Å². The number of rotatable bonds is 3. The van der Waals surface area contributed by atoms with Gasteiger partial charge in [0.25, 0.3) is 0 Å². The highest BCUT2D eigenvalue weighted by Crippen LogP contribution is 2.36. The van der Waals surface area contributed by atoms with Gasteiger partial charge in [0, 0.05) is 0 Å². The number of hydrogen-bond donors (Lipinski definition) is 0. The van der Waals surface area contributed by atoms with Crippen LogP contribution < -0.4 is 4.74 Å². The molecule has 0 aliphatic heterocycles. The summed E-state index contributed by atoms with van der Waals surface area (Å²) in [7, 11) is -4.98. The van der Waals surface area contributed by atoms with Gasteiger partial charge in [-0.25, -0.2) is 4.79 Å². The Morgan fingerprint density at radius 2 is 1.55 bits per heavy atom. The molecule has 0 radical (unpaired) electrons. The molecule has 0 amide bonds. The van der Waals surface area contributed by atoms with Gasteiger partial charge in [0.2, 0.25) is 0 Å². The lowest BCUT2D eigenvalue weighted by atomic mass is 10.2. The summed E-state index contributed by atoms with van der Waals surface area (Å²) in [5, 5.41) is -0.504. The third kappa shape index (κ3) is 3.70. The van der Waals surface area contributed by atoms with Crippen LogP contribution in [0.5, 0.6) is 5.75 Å². The Hall–Kier alpha value is -1.34. The first-order valence-electron chi connectivity index (χ1n) is 5.60. The molecular weight excluding hydrogens is 378 g/mol. The van der Waals surface area contributed by atoms with Gasteiger partial charge in [0.05, 0.1) is 20.6 Å². The third-order valence-electron chi connectivity index (χ3n) is 2.54. The molecule has 2 aromatic carbocycles. The summed E-state index contributed by atoms with van der Waals surface area (Å²) in [6, 6.07) is 7.69. The molecule has 0 aliphatic carbocycles. The fourth-order valence-corrected chi connectivity index (χ4v) is 2.97. The lowest BCUT2D eigenvalue weighted by molar-refractivity contribution is 0.0735. The van der Waals surface area contributed by atoms with E-state index in [1.807, 2.05) is 0 Å². The van der Waals surface area contributed by atoms with E-state index in [2.05, 4.69) is 0 Å². The molecule has 0 atom stereocenters. The van der Waals surface area contributed by atoms with Gasteiger partial charge in [0.15, 0.2) is 5.75 Å². The fourth-order valence-electron chi connectivity index (χ4n) is 1.55. The molecule has 9 heteroatoms. The van der Waals surface area contributed by atoms with Crippen LogP contribution in [0, 0.1) is 0 Å². The SMILES string of the molecule is O=C(Oc1c(Cl)cc(S(=O)(=O)F)cc1Cl)c1ccccc1Cl. The lowest BCUT2D eigenvalue weighted by Gasteiger charge is -2.10. The van der Waals surface area contributed by atoms with Crippen molar-refractivity contribution in [1.29, 1.82) is 0 Å². The Morgan fingerprint density at radius 3 is 2.05 bits per heavy atom. The van der Waals surface area contributed by atoms with Crippen molar-refractivity contribution in [3.05, 3.63) is 57.0 Å². The standard InChI is InChI=1S/C13H6Cl3FO4S/c14-9-4-2-1-3-8(9)13(18)21-12-10(15)5-7(6-11(12)16)22(17,19)20/h1-6H. The van der Waals surface area contributed by atoms with Crippen LogP contribution in [0.2, 0.25) is 15.1 Å². The van der Waals surface area contributed by atoms with Gasteiger partial charge in [-0.2, -0.15) is 8.42 Å². The summed E-state index contributed by atoms with van der Waals surface area (Å²) < 4.78 is 39.6. The van der Waals surface area contributed by atoms with Crippen LogP contribution in [0.1, 0.15) is 10.4 Å². The number of esters is 1. The molecule has 4 nitrogen and oxygen atoms in total. The number of carbonyl (C=O) groups excluding carboxylic acids is 1. The zero-order valence-electron chi connectivity index (χ0n) is 10.5. The van der Waals surface area contributed by atoms with E-state index in [1.165, 1.54) is 12.1 Å². The van der Waals surface area contributed by atoms with Crippen LogP contribution in [0.25, 0.3) is 0 Å². The smallest absolute Gasteiger partial charge is 0.345 e. The molecule has 0 saturated heterocycles. The van der Waals surface area contributed by atoms with E-state index < -0.39 is 21.1 Å². The average molecular weight is 384 g/mol. The van der Waals surface area contributed by atoms with E-state index >= 15 is 0 Å². The van der Waals surface area contributed by atoms with Gasteiger partial charge in [0.1, 0.15) is 4.90 Å². The first kappa shape index (κ1) is 17.0. The molecule has 116 valence electrons. The summed E-state index contributed by atoms with van der Waals surface area (Å²) in [5.41, 5.74) is 0.0680. The zero-order chi connectivity index (χ0) is 16.5. The zero-order valence-corrected chi connectivity index (χ0v) is 13.6. The molecule has 22 heavy (non-hydrogen) atoms. The van der Waals surface area contributed by atoms with Crippen LogP contribution in [0.4, 0.5) is 3.89 Å². The van der Waals surface area contributed by atoms with E-state index in [9.17, 15) is 17.1 Å². The summed E-state index contributed by atoms with van der Waals surface area (Å²) in [6.07, 6.45) is 0. The third-order valence-corrected chi connectivity index (χ3v) is 4.23. The molecule has 0 bridgehead atoms. The van der Waals surface area contributed by atoms with Crippen LogP contribution in [-0.2, 0) is 10.2 Å². The van der Waals surface area contributed by atoms with Gasteiger partial charge in [-0.05, 0) is 24.3 Å². The van der Waals surface area contributed by atoms with Crippen molar-refractivity contribution in [1.82, 2.24) is 0 Å². The van der Waals surface area contributed by atoms with Crippen LogP contribution in [-0.4, -0.2) is 14.4 Å². The number of carbonyl (C=O) groups is 1. The van der Waals surface area contributed by atoms with Crippen LogP contribution in [0.3, 0.4) is 0 Å². The second-order valence-electron chi connectivity index (χ2n) is 4.02. The number of hydrogen-bond acceptors (Lipinski definition) is 4. The molecular formula is C13H6Cl3FO4S. The van der Waals surface area contributed by atoms with Gasteiger partial charge in [-0.15, -0.1) is 3.89 Å². The predicted molar refractivity (Wildman–Crippen MR) is 81.2 cm³/mol. The molecule has 0 unspecified atom stereocenters. The molecule has 0 aromatic heterocycles. The van der Waals surface area contributed by atoms with Gasteiger partial charge in [-0.1, -0.05) is 46.9 Å². The first-order chi connectivity index (χ1) is 10.2. The van der Waals surface area contributed by atoms with Crippen molar-refractivity contribution >= 4 is 51.0 Å². The number of halogens is 4. The lowest BCUT2D eigenvalue weighted by Crippen LogP contribution is -2.10. The molecule has 0 heterocycles. The maximum absolute atomic E-state index is 12.9. The molecule has 0 spiro atoms. The van der Waals surface area contributed by atoms with Crippen molar-refractivity contribution in [2.75, 3.05) is 0 Å². The minimum atomic E-state index is -4.98. The Morgan fingerprint density at radius 1 is 1.00 bits per heavy atom. The highest BCUT2D eigenvalue weighted by atomic mass is 35.5. The molecule has 0 aliphatic rings. The second-order valence-corrected chi connectivity index (χ2v) is 6.59. The van der Waals surface area contributed by atoms with Crippen molar-refractivity contribution in [3.8, 4) is 5.75 Å². The van der Waals surface area contributed by atoms with Gasteiger partial charge >= 0.3 is 16.2 Å². The van der Waals surface area contributed by atoms with Crippen molar-refractivity contribution in [2.24, 2.45) is 0 Å². The number of benzene rings is 2. The Balaban J connectivity index is 2.39. The van der Waals surface area contributed by atoms with Crippen molar-refractivity contribution < 1.29 is 21.8 Å². The summed E-state index contributed by atoms with van der Waals surface area (Å²) >= 11 is 17.4. The summed E-state index contributed by atoms with van der Waals surface area (Å²) in [4.78, 5) is 11.3. The van der Waals surface area contributed by atoms with E-state index in [-0.39, 0.29) is 26.4 Å². The van der Waals surface area contributed by atoms with Crippen molar-refractivity contribution in [2.45, 2.75) is 4.90 Å². The second kappa shape index (κ2) is 6.42. The molecule has 0 N–H and O–H groups in total. The Labute approximate surface area is 140 Å². The predicted octanol–water partition coefficient (Wildman–Crippen LogP) is 4.52. The topological polar surface area (TPSA) is 60.4 Å². The average Bonchev–Trinajstić information content (AvgIpc) is 2.41. The monoisotopic (exact) mass is 382 g/mol. The van der Waals surface area contributed by atoms with E-state index in [1.54, 1.807) is 12.1 Å². The molecule has 0 fully saturated rings. The minimum absolute atomic E-state index is 0.0680. The maximum Gasteiger partial charge on any atom is 0.345 e. The molecule has 2 aromatic rings. The van der Waals surface area contributed by atoms with Crippen molar-refractivity contribution in [3.63, 3.8) is 0 Å². The quantitative estimate of drug-likeness (QED) is 0.444. The Bertz CT molecular complexity index is 829. The minimum Gasteiger partial charge on any atom is -0.420 e. The van der Waals surface area contributed by atoms with E-state index in [0.29, 0.717) is 0 Å². The molecule has 2 rings (SSSR count). The van der Waals surface area contributed by atoms with Gasteiger partial charge < -0.3 is 4.74 Å². The largest absolute Gasteiger partial charge is 0.420 e. The first-order valence-corrected chi connectivity index (χ1v) is 8.12. The summed E-state index contributed by atoms with van der Waals surface area (Å²) in [5.74, 6) is -1.13. The number of ether oxygens (including phenoxy) is 1. The maximum atomic E-state index is 12.9. The highest BCUT2D eigenvalue weighted by Gasteiger charge is 2.21. The highest BCUT2D eigenvalue weighted by molar-refractivity contribution is 7.86. The van der Waals surface area contributed by atoms with Gasteiger partial charge in [-0.3, -0.25) is 0 Å². The van der Waals surface area contributed by atoms with Crippen LogP contribution in [0.15, 0.2) is 41.3 Å². The van der Waals surface area contributed by atoms with E-state index in [4.69, 9.17) is 39.5 Å². The molecule has 0 saturated carbocycles. The summed E-state index contributed by atoms with van der Waals surface area (Å²) in [6.45, 7) is 0. The normalized spacial score (nSPS) is 11.3. The Kier molecular flexibility index (Phi) is 4.97. The van der Waals surface area contributed by atoms with E-state index in [0.717, 1.165) is 12.1 Å². The fraction of sp³-hybridized carbons (Fsp3) is 0.